The minimum absolute atomic E-state index is 0.0243. The van der Waals surface area contributed by atoms with Crippen LogP contribution >= 0.6 is 0 Å². The molecule has 1 aliphatic heterocycles. The number of carbonyl (C=O) groups excluding carboxylic acids is 2. The van der Waals surface area contributed by atoms with Gasteiger partial charge in [-0.1, -0.05) is 36.8 Å². The predicted molar refractivity (Wildman–Crippen MR) is 109 cm³/mol. The number of nitrogens with two attached hydrogens (primary N) is 1. The van der Waals surface area contributed by atoms with Crippen LogP contribution in [0.1, 0.15) is 34.8 Å². The SMILES string of the molecule is CCC(=O)c1cnc(N)c(OCC2CN(C(=O)Cc3ccc(C)cc3)CC2(F)F)c1. The van der Waals surface area contributed by atoms with Crippen molar-refractivity contribution < 1.29 is 23.1 Å². The van der Waals surface area contributed by atoms with Gasteiger partial charge in [0.25, 0.3) is 5.92 Å². The molecule has 160 valence electrons. The summed E-state index contributed by atoms with van der Waals surface area (Å²) in [4.78, 5) is 29.4. The van der Waals surface area contributed by atoms with Crippen molar-refractivity contribution in [3.05, 3.63) is 53.2 Å². The number of anilines is 1. The molecular weight excluding hydrogens is 392 g/mol. The number of likely N-dealkylation sites (tertiary alicyclic amines) is 1. The van der Waals surface area contributed by atoms with E-state index in [0.29, 0.717) is 5.56 Å². The molecule has 2 heterocycles. The molecule has 1 saturated heterocycles. The van der Waals surface area contributed by atoms with Gasteiger partial charge in [0.15, 0.2) is 17.4 Å². The maximum atomic E-state index is 14.5. The zero-order valence-corrected chi connectivity index (χ0v) is 17.0. The van der Waals surface area contributed by atoms with Crippen LogP contribution in [0, 0.1) is 12.8 Å². The van der Waals surface area contributed by atoms with Crippen molar-refractivity contribution in [2.75, 3.05) is 25.4 Å². The highest BCUT2D eigenvalue weighted by atomic mass is 19.3. The maximum Gasteiger partial charge on any atom is 0.273 e. The average molecular weight is 417 g/mol. The van der Waals surface area contributed by atoms with Gasteiger partial charge in [-0.3, -0.25) is 9.59 Å². The van der Waals surface area contributed by atoms with Gasteiger partial charge in [-0.05, 0) is 18.6 Å². The lowest BCUT2D eigenvalue weighted by Gasteiger charge is -2.18. The van der Waals surface area contributed by atoms with Gasteiger partial charge in [-0.15, -0.1) is 0 Å². The number of aryl methyl sites for hydroxylation is 1. The smallest absolute Gasteiger partial charge is 0.273 e. The molecule has 30 heavy (non-hydrogen) atoms. The summed E-state index contributed by atoms with van der Waals surface area (Å²) < 4.78 is 34.5. The van der Waals surface area contributed by atoms with Crippen LogP contribution in [-0.2, 0) is 11.2 Å². The highest BCUT2D eigenvalue weighted by Gasteiger charge is 2.49. The second-order valence-corrected chi connectivity index (χ2v) is 7.59. The van der Waals surface area contributed by atoms with Gasteiger partial charge in [-0.25, -0.2) is 13.8 Å². The molecular formula is C22H25F2N3O3. The molecule has 1 atom stereocenters. The molecule has 1 aliphatic rings. The Balaban J connectivity index is 1.64. The standard InChI is InChI=1S/C22H25F2N3O3/c1-3-18(28)16-9-19(21(25)26-10-16)30-12-17-11-27(13-22(17,23)24)20(29)8-15-6-4-14(2)5-7-15/h4-7,9-10,17H,3,8,11-13H2,1-2H3,(H2,25,26). The lowest BCUT2D eigenvalue weighted by molar-refractivity contribution is -0.130. The average Bonchev–Trinajstić information content (AvgIpc) is 3.03. The summed E-state index contributed by atoms with van der Waals surface area (Å²) >= 11 is 0. The summed E-state index contributed by atoms with van der Waals surface area (Å²) in [6.45, 7) is 2.55. The van der Waals surface area contributed by atoms with E-state index < -0.39 is 18.4 Å². The summed E-state index contributed by atoms with van der Waals surface area (Å²) in [7, 11) is 0. The first kappa shape index (κ1) is 21.7. The van der Waals surface area contributed by atoms with Crippen molar-refractivity contribution in [3.63, 3.8) is 0 Å². The minimum atomic E-state index is -3.08. The highest BCUT2D eigenvalue weighted by molar-refractivity contribution is 5.96. The number of hydrogen-bond acceptors (Lipinski definition) is 5. The first-order chi connectivity index (χ1) is 14.2. The molecule has 0 spiro atoms. The van der Waals surface area contributed by atoms with E-state index >= 15 is 0 Å². The Morgan fingerprint density at radius 3 is 2.67 bits per heavy atom. The lowest BCUT2D eigenvalue weighted by atomic mass is 10.1. The number of pyridine rings is 1. The molecule has 6 nitrogen and oxygen atoms in total. The van der Waals surface area contributed by atoms with Crippen molar-refractivity contribution in [1.82, 2.24) is 9.88 Å². The Kier molecular flexibility index (Phi) is 6.34. The normalized spacial score (nSPS) is 17.7. The van der Waals surface area contributed by atoms with Gasteiger partial charge in [0, 0.05) is 24.7 Å². The third-order valence-corrected chi connectivity index (χ3v) is 5.23. The number of ether oxygens (including phenoxy) is 1. The van der Waals surface area contributed by atoms with Gasteiger partial charge >= 0.3 is 0 Å². The first-order valence-corrected chi connectivity index (χ1v) is 9.82. The summed E-state index contributed by atoms with van der Waals surface area (Å²) in [5, 5.41) is 0. The van der Waals surface area contributed by atoms with E-state index in [1.807, 2.05) is 31.2 Å². The van der Waals surface area contributed by atoms with Gasteiger partial charge in [0.2, 0.25) is 5.91 Å². The number of rotatable bonds is 7. The van der Waals surface area contributed by atoms with Crippen LogP contribution < -0.4 is 10.5 Å². The number of nitrogens with zero attached hydrogens (tertiary/aromatic N) is 2. The van der Waals surface area contributed by atoms with Gasteiger partial charge in [0.05, 0.1) is 25.5 Å². The molecule has 1 amide bonds. The molecule has 2 aromatic rings. The van der Waals surface area contributed by atoms with Crippen LogP contribution in [-0.4, -0.2) is 47.2 Å². The predicted octanol–water partition coefficient (Wildman–Crippen LogP) is 3.28. The molecule has 0 aliphatic carbocycles. The van der Waals surface area contributed by atoms with Crippen LogP contribution in [0.25, 0.3) is 0 Å². The van der Waals surface area contributed by atoms with E-state index in [0.717, 1.165) is 11.1 Å². The van der Waals surface area contributed by atoms with E-state index in [4.69, 9.17) is 10.5 Å². The fraction of sp³-hybridized carbons (Fsp3) is 0.409. The summed E-state index contributed by atoms with van der Waals surface area (Å²) in [6, 6.07) is 8.83. The number of Topliss-reactive ketones (excluding diaryl/α,β-unsaturated/α-hetero) is 1. The Morgan fingerprint density at radius 1 is 1.30 bits per heavy atom. The number of ketones is 1. The number of hydrogen-bond donors (Lipinski definition) is 1. The molecule has 1 unspecified atom stereocenters. The van der Waals surface area contributed by atoms with E-state index in [2.05, 4.69) is 4.98 Å². The molecule has 1 fully saturated rings. The van der Waals surface area contributed by atoms with Crippen molar-refractivity contribution >= 4 is 17.5 Å². The van der Waals surface area contributed by atoms with E-state index in [1.54, 1.807) is 6.92 Å². The Bertz CT molecular complexity index is 932. The molecule has 1 aromatic heterocycles. The van der Waals surface area contributed by atoms with Crippen molar-refractivity contribution in [2.24, 2.45) is 5.92 Å². The number of carbonyl (C=O) groups is 2. The molecule has 0 radical (unpaired) electrons. The summed E-state index contributed by atoms with van der Waals surface area (Å²) in [5.74, 6) is -4.64. The topological polar surface area (TPSA) is 85.5 Å². The third kappa shape index (κ3) is 4.93. The van der Waals surface area contributed by atoms with E-state index in [1.165, 1.54) is 17.2 Å². The van der Waals surface area contributed by atoms with E-state index in [-0.39, 0.29) is 49.3 Å². The number of alkyl halides is 2. The van der Waals surface area contributed by atoms with Crippen LogP contribution in [0.15, 0.2) is 36.5 Å². The van der Waals surface area contributed by atoms with Crippen molar-refractivity contribution in [1.29, 1.82) is 0 Å². The zero-order chi connectivity index (χ0) is 21.9. The number of aromatic nitrogens is 1. The highest BCUT2D eigenvalue weighted by Crippen LogP contribution is 2.34. The Labute approximate surface area is 174 Å². The fourth-order valence-electron chi connectivity index (χ4n) is 3.32. The molecule has 0 bridgehead atoms. The van der Waals surface area contributed by atoms with Crippen molar-refractivity contribution in [2.45, 2.75) is 32.6 Å². The summed E-state index contributed by atoms with van der Waals surface area (Å²) in [5.41, 5.74) is 7.92. The fourth-order valence-corrected chi connectivity index (χ4v) is 3.32. The number of nitrogen functional groups attached to an aromatic ring is 1. The third-order valence-electron chi connectivity index (χ3n) is 5.23. The van der Waals surface area contributed by atoms with E-state index in [9.17, 15) is 18.4 Å². The summed E-state index contributed by atoms with van der Waals surface area (Å²) in [6.07, 6.45) is 1.69. The van der Waals surface area contributed by atoms with Crippen LogP contribution in [0.4, 0.5) is 14.6 Å². The quantitative estimate of drug-likeness (QED) is 0.699. The Hall–Kier alpha value is -3.03. The molecule has 8 heteroatoms. The monoisotopic (exact) mass is 417 g/mol. The molecule has 0 saturated carbocycles. The Morgan fingerprint density at radius 2 is 2.00 bits per heavy atom. The number of amides is 1. The minimum Gasteiger partial charge on any atom is -0.489 e. The van der Waals surface area contributed by atoms with Crippen LogP contribution in [0.2, 0.25) is 0 Å². The second-order valence-electron chi connectivity index (χ2n) is 7.59. The maximum absolute atomic E-state index is 14.5. The first-order valence-electron chi connectivity index (χ1n) is 9.82. The molecule has 1 aromatic carbocycles. The van der Waals surface area contributed by atoms with Gasteiger partial charge in [-0.2, -0.15) is 0 Å². The van der Waals surface area contributed by atoms with Gasteiger partial charge in [0.1, 0.15) is 0 Å². The van der Waals surface area contributed by atoms with Crippen molar-refractivity contribution in [3.8, 4) is 5.75 Å². The lowest BCUT2D eigenvalue weighted by Crippen LogP contribution is -2.33. The molecule has 2 N–H and O–H groups in total. The van der Waals surface area contributed by atoms with Crippen LogP contribution in [0.3, 0.4) is 0 Å². The van der Waals surface area contributed by atoms with Gasteiger partial charge < -0.3 is 15.4 Å². The number of benzene rings is 1. The second kappa shape index (κ2) is 8.77. The van der Waals surface area contributed by atoms with Crippen LogP contribution in [0.5, 0.6) is 5.75 Å². The zero-order valence-electron chi connectivity index (χ0n) is 17.0. The number of halogens is 2. The largest absolute Gasteiger partial charge is 0.489 e. The molecule has 3 rings (SSSR count).